The molecule has 1 unspecified atom stereocenters. The van der Waals surface area contributed by atoms with E-state index in [9.17, 15) is 9.59 Å². The van der Waals surface area contributed by atoms with Crippen molar-refractivity contribution in [3.8, 4) is 0 Å². The number of benzene rings is 1. The molecule has 16 heavy (non-hydrogen) atoms. The Morgan fingerprint density at radius 3 is 2.56 bits per heavy atom. The molecular formula is C12H14N2O2. The number of carbonyl (C=O) groups is 2. The zero-order chi connectivity index (χ0) is 11.5. The molecular weight excluding hydrogens is 204 g/mol. The highest BCUT2D eigenvalue weighted by molar-refractivity contribution is 5.78. The highest BCUT2D eigenvalue weighted by Gasteiger charge is 2.26. The molecule has 84 valence electrons. The number of amides is 1. The van der Waals surface area contributed by atoms with Crippen LogP contribution in [0.1, 0.15) is 16.8 Å². The summed E-state index contributed by atoms with van der Waals surface area (Å²) < 4.78 is 0. The lowest BCUT2D eigenvalue weighted by Crippen LogP contribution is -2.27. The minimum Gasteiger partial charge on any atom is -0.371 e. The first kappa shape index (κ1) is 10.7. The molecule has 1 amide bonds. The summed E-state index contributed by atoms with van der Waals surface area (Å²) in [5.74, 6) is -0.280. The highest BCUT2D eigenvalue weighted by atomic mass is 16.1. The number of nitrogens with zero attached hydrogens (tertiary/aromatic N) is 1. The predicted octanol–water partition coefficient (Wildman–Crippen LogP) is 0.811. The van der Waals surface area contributed by atoms with Gasteiger partial charge < -0.3 is 10.6 Å². The van der Waals surface area contributed by atoms with Crippen molar-refractivity contribution in [1.29, 1.82) is 0 Å². The quantitative estimate of drug-likeness (QED) is 0.764. The van der Waals surface area contributed by atoms with Gasteiger partial charge in [-0.25, -0.2) is 0 Å². The number of primary amides is 1. The average molecular weight is 218 g/mol. The topological polar surface area (TPSA) is 63.4 Å². The number of carbonyl (C=O) groups excluding carboxylic acids is 2. The highest BCUT2D eigenvalue weighted by Crippen LogP contribution is 2.23. The number of nitrogens with two attached hydrogens (primary N) is 1. The largest absolute Gasteiger partial charge is 0.371 e. The van der Waals surface area contributed by atoms with Crippen LogP contribution in [0.2, 0.25) is 0 Å². The van der Waals surface area contributed by atoms with E-state index in [1.165, 1.54) is 0 Å². The minimum absolute atomic E-state index is 0.0502. The molecule has 0 spiro atoms. The van der Waals surface area contributed by atoms with Crippen LogP contribution in [0.4, 0.5) is 5.69 Å². The summed E-state index contributed by atoms with van der Waals surface area (Å²) in [6, 6.07) is 7.35. The van der Waals surface area contributed by atoms with Gasteiger partial charge in [-0.2, -0.15) is 0 Å². The van der Waals surface area contributed by atoms with E-state index in [0.717, 1.165) is 24.9 Å². The van der Waals surface area contributed by atoms with Crippen LogP contribution in [-0.4, -0.2) is 25.3 Å². The first-order valence-electron chi connectivity index (χ1n) is 5.30. The fraction of sp³-hybridized carbons (Fsp3) is 0.333. The molecule has 1 fully saturated rings. The number of hydrogen-bond donors (Lipinski definition) is 1. The van der Waals surface area contributed by atoms with Crippen LogP contribution >= 0.6 is 0 Å². The zero-order valence-electron chi connectivity index (χ0n) is 8.93. The van der Waals surface area contributed by atoms with Crippen molar-refractivity contribution >= 4 is 17.9 Å². The van der Waals surface area contributed by atoms with Gasteiger partial charge in [-0.15, -0.1) is 0 Å². The lowest BCUT2D eigenvalue weighted by molar-refractivity contribution is -0.121. The van der Waals surface area contributed by atoms with E-state index in [0.29, 0.717) is 12.1 Å². The van der Waals surface area contributed by atoms with Crippen LogP contribution in [0.3, 0.4) is 0 Å². The Morgan fingerprint density at radius 2 is 2.06 bits per heavy atom. The summed E-state index contributed by atoms with van der Waals surface area (Å²) in [6.07, 6.45) is 1.63. The van der Waals surface area contributed by atoms with E-state index in [1.807, 2.05) is 12.1 Å². The van der Waals surface area contributed by atoms with Crippen molar-refractivity contribution in [3.63, 3.8) is 0 Å². The van der Waals surface area contributed by atoms with E-state index in [2.05, 4.69) is 4.90 Å². The van der Waals surface area contributed by atoms with Crippen LogP contribution < -0.4 is 10.6 Å². The normalized spacial score (nSPS) is 19.8. The summed E-state index contributed by atoms with van der Waals surface area (Å²) in [6.45, 7) is 1.52. The fourth-order valence-electron chi connectivity index (χ4n) is 1.99. The Kier molecular flexibility index (Phi) is 2.90. The third-order valence-corrected chi connectivity index (χ3v) is 2.98. The van der Waals surface area contributed by atoms with Crippen molar-refractivity contribution in [3.05, 3.63) is 29.8 Å². The monoisotopic (exact) mass is 218 g/mol. The Labute approximate surface area is 94.0 Å². The van der Waals surface area contributed by atoms with Gasteiger partial charge in [0.2, 0.25) is 5.91 Å². The number of aldehydes is 1. The van der Waals surface area contributed by atoms with Crippen LogP contribution in [0.15, 0.2) is 24.3 Å². The average Bonchev–Trinajstić information content (AvgIpc) is 2.78. The van der Waals surface area contributed by atoms with Crippen LogP contribution in [0.5, 0.6) is 0 Å². The Morgan fingerprint density at radius 1 is 1.38 bits per heavy atom. The third-order valence-electron chi connectivity index (χ3n) is 2.98. The summed E-state index contributed by atoms with van der Waals surface area (Å²) >= 11 is 0. The Balaban J connectivity index is 2.08. The van der Waals surface area contributed by atoms with Gasteiger partial charge in [0.15, 0.2) is 0 Å². The SMILES string of the molecule is NC(=O)C1CCN(c2ccc(C=O)cc2)C1. The number of rotatable bonds is 3. The number of anilines is 1. The maximum Gasteiger partial charge on any atom is 0.222 e. The lowest BCUT2D eigenvalue weighted by atomic mass is 10.1. The summed E-state index contributed by atoms with van der Waals surface area (Å²) in [5, 5.41) is 0. The van der Waals surface area contributed by atoms with Gasteiger partial charge in [0.05, 0.1) is 5.92 Å². The van der Waals surface area contributed by atoms with Gasteiger partial charge in [0.25, 0.3) is 0 Å². The van der Waals surface area contributed by atoms with Crippen LogP contribution in [0, 0.1) is 5.92 Å². The van der Waals surface area contributed by atoms with Crippen LogP contribution in [0.25, 0.3) is 0 Å². The van der Waals surface area contributed by atoms with E-state index < -0.39 is 0 Å². The Bertz CT molecular complexity index is 400. The summed E-state index contributed by atoms with van der Waals surface area (Å²) in [5.41, 5.74) is 6.97. The van der Waals surface area contributed by atoms with Gasteiger partial charge in [-0.05, 0) is 30.7 Å². The molecule has 1 saturated heterocycles. The van der Waals surface area contributed by atoms with Gasteiger partial charge >= 0.3 is 0 Å². The van der Waals surface area contributed by atoms with Crippen LogP contribution in [-0.2, 0) is 4.79 Å². The minimum atomic E-state index is -0.230. The third kappa shape index (κ3) is 2.05. The molecule has 0 aromatic heterocycles. The van der Waals surface area contributed by atoms with Gasteiger partial charge in [-0.1, -0.05) is 0 Å². The fourth-order valence-corrected chi connectivity index (χ4v) is 1.99. The zero-order valence-corrected chi connectivity index (χ0v) is 8.93. The molecule has 0 radical (unpaired) electrons. The molecule has 1 aromatic carbocycles. The molecule has 1 aromatic rings. The molecule has 4 nitrogen and oxygen atoms in total. The van der Waals surface area contributed by atoms with Crippen molar-refractivity contribution in [2.75, 3.05) is 18.0 Å². The molecule has 4 heteroatoms. The van der Waals surface area contributed by atoms with Crippen molar-refractivity contribution in [1.82, 2.24) is 0 Å². The van der Waals surface area contributed by atoms with Crippen molar-refractivity contribution in [2.45, 2.75) is 6.42 Å². The molecule has 0 bridgehead atoms. The molecule has 1 aliphatic rings. The second-order valence-corrected chi connectivity index (χ2v) is 4.04. The first-order valence-corrected chi connectivity index (χ1v) is 5.30. The molecule has 0 aliphatic carbocycles. The number of hydrogen-bond acceptors (Lipinski definition) is 3. The molecule has 1 heterocycles. The summed E-state index contributed by atoms with van der Waals surface area (Å²) in [7, 11) is 0. The maximum absolute atomic E-state index is 11.0. The standard InChI is InChI=1S/C12H14N2O2/c13-12(16)10-5-6-14(7-10)11-3-1-9(8-15)2-4-11/h1-4,8,10H,5-7H2,(H2,13,16). The Hall–Kier alpha value is -1.84. The smallest absolute Gasteiger partial charge is 0.222 e. The van der Waals surface area contributed by atoms with Gasteiger partial charge in [0.1, 0.15) is 6.29 Å². The predicted molar refractivity (Wildman–Crippen MR) is 61.3 cm³/mol. The molecule has 1 aliphatic heterocycles. The van der Waals surface area contributed by atoms with Gasteiger partial charge in [0, 0.05) is 24.3 Å². The van der Waals surface area contributed by atoms with Crippen molar-refractivity contribution in [2.24, 2.45) is 11.7 Å². The molecule has 0 saturated carbocycles. The second-order valence-electron chi connectivity index (χ2n) is 4.04. The molecule has 1 atom stereocenters. The van der Waals surface area contributed by atoms with Gasteiger partial charge in [-0.3, -0.25) is 9.59 Å². The van der Waals surface area contributed by atoms with E-state index in [4.69, 9.17) is 5.73 Å². The molecule has 2 rings (SSSR count). The van der Waals surface area contributed by atoms with Crippen molar-refractivity contribution < 1.29 is 9.59 Å². The van der Waals surface area contributed by atoms with E-state index >= 15 is 0 Å². The summed E-state index contributed by atoms with van der Waals surface area (Å²) in [4.78, 5) is 23.6. The lowest BCUT2D eigenvalue weighted by Gasteiger charge is -2.18. The van der Waals surface area contributed by atoms with E-state index in [1.54, 1.807) is 12.1 Å². The van der Waals surface area contributed by atoms with E-state index in [-0.39, 0.29) is 11.8 Å². The maximum atomic E-state index is 11.0. The second kappa shape index (κ2) is 4.35. The molecule has 2 N–H and O–H groups in total. The first-order chi connectivity index (χ1) is 7.70.